The van der Waals surface area contributed by atoms with Gasteiger partial charge < -0.3 is 40.2 Å². The lowest BCUT2D eigenvalue weighted by atomic mass is 9.65. The van der Waals surface area contributed by atoms with Gasteiger partial charge in [-0.15, -0.1) is 0 Å². The minimum atomic E-state index is -0.611. The number of anilines is 1. The molecule has 5 aliphatic rings. The molecule has 5 N–H and O–H groups in total. The monoisotopic (exact) mass is 725 g/mol. The van der Waals surface area contributed by atoms with Crippen molar-refractivity contribution in [1.29, 1.82) is 0 Å². The number of benzene rings is 3. The minimum absolute atomic E-state index is 0.0142. The van der Waals surface area contributed by atoms with E-state index in [1.165, 1.54) is 6.92 Å². The number of aromatic nitrogens is 1. The third-order valence-corrected chi connectivity index (χ3v) is 12.1. The van der Waals surface area contributed by atoms with Gasteiger partial charge in [0.2, 0.25) is 0 Å². The van der Waals surface area contributed by atoms with Crippen LogP contribution in [0.4, 0.5) is 5.82 Å². The zero-order chi connectivity index (χ0) is 37.3. The lowest BCUT2D eigenvalue weighted by Gasteiger charge is -2.39. The predicted molar refractivity (Wildman–Crippen MR) is 204 cm³/mol. The molecule has 0 unspecified atom stereocenters. The van der Waals surface area contributed by atoms with Gasteiger partial charge in [0.1, 0.15) is 48.1 Å². The van der Waals surface area contributed by atoms with Crippen LogP contribution < -0.4 is 25.3 Å². The Morgan fingerprint density at radius 2 is 2.00 bits per heavy atom. The molecule has 1 saturated carbocycles. The maximum absolute atomic E-state index is 12.4. The molecule has 3 aromatic carbocycles. The highest BCUT2D eigenvalue weighted by Gasteiger charge is 2.51. The fraction of sp³-hybridized carbons (Fsp3) is 0.364. The second-order valence-corrected chi connectivity index (χ2v) is 15.3. The largest absolute Gasteiger partial charge is 0.508 e. The molecule has 4 bridgehead atoms. The number of methoxy groups -OCH3 is 1. The quantitative estimate of drug-likeness (QED) is 0.140. The summed E-state index contributed by atoms with van der Waals surface area (Å²) in [4.78, 5) is 17.1. The number of rotatable bonds is 4. The topological polar surface area (TPSA) is 145 Å². The molecule has 0 radical (unpaired) electrons. The predicted octanol–water partition coefficient (Wildman–Crippen LogP) is 6.27. The summed E-state index contributed by atoms with van der Waals surface area (Å²) in [6.45, 7) is 1.84. The molecule has 1 fully saturated rings. The highest BCUT2D eigenvalue weighted by molar-refractivity contribution is 5.84. The van der Waals surface area contributed by atoms with Crippen LogP contribution in [0, 0.1) is 17.8 Å². The van der Waals surface area contributed by atoms with Crippen molar-refractivity contribution in [2.75, 3.05) is 33.1 Å². The summed E-state index contributed by atoms with van der Waals surface area (Å²) in [6, 6.07) is 13.3. The highest BCUT2D eigenvalue weighted by Crippen LogP contribution is 2.63. The van der Waals surface area contributed by atoms with E-state index in [0.717, 1.165) is 75.9 Å². The van der Waals surface area contributed by atoms with Crippen molar-refractivity contribution < 1.29 is 34.0 Å². The summed E-state index contributed by atoms with van der Waals surface area (Å²) in [6.07, 6.45) is 7.96. The second-order valence-electron chi connectivity index (χ2n) is 15.3. The SMILES string of the molecule is CN[C@H]1C=Cc2c(c(O)cc3c2[C@H]2Oc4c(ccc5c4[C@]4(CC[C@@H](Cc6ccc(N)nc6C#CC3)C4)Cc3cc(O)cc(OC)c3-5)[C@H]2COC(C)=O)OC1. The Labute approximate surface area is 314 Å². The number of nitrogens with zero attached hydrogens (tertiary/aromatic N) is 1. The number of hydrogen-bond donors (Lipinski definition) is 4. The molecule has 5 atom stereocenters. The van der Waals surface area contributed by atoms with E-state index in [1.54, 1.807) is 19.2 Å². The average molecular weight is 726 g/mol. The van der Waals surface area contributed by atoms with Gasteiger partial charge in [0.05, 0.1) is 19.1 Å². The molecule has 1 spiro atoms. The molecule has 10 nitrogen and oxygen atoms in total. The van der Waals surface area contributed by atoms with Crippen molar-refractivity contribution in [3.8, 4) is 51.7 Å². The van der Waals surface area contributed by atoms with Crippen molar-refractivity contribution in [3.63, 3.8) is 0 Å². The number of nitrogens with two attached hydrogens (primary N) is 1. The number of aromatic hydroxyl groups is 2. The molecule has 54 heavy (non-hydrogen) atoms. The summed E-state index contributed by atoms with van der Waals surface area (Å²) in [5.74, 6) is 8.66. The molecule has 4 heterocycles. The lowest BCUT2D eigenvalue weighted by molar-refractivity contribution is -0.141. The number of pyridine rings is 1. The summed E-state index contributed by atoms with van der Waals surface area (Å²) in [5.41, 5.74) is 15.0. The summed E-state index contributed by atoms with van der Waals surface area (Å²) < 4.78 is 25.4. The molecule has 0 saturated heterocycles. The molecular weight excluding hydrogens is 682 g/mol. The third kappa shape index (κ3) is 5.52. The van der Waals surface area contributed by atoms with E-state index >= 15 is 0 Å². The van der Waals surface area contributed by atoms with E-state index in [0.29, 0.717) is 47.5 Å². The number of fused-ring (bicyclic) bond motifs is 9. The Bertz CT molecular complexity index is 2320. The Kier molecular flexibility index (Phi) is 8.23. The minimum Gasteiger partial charge on any atom is -0.508 e. The Balaban J connectivity index is 1.33. The zero-order valence-corrected chi connectivity index (χ0v) is 30.6. The molecule has 276 valence electrons. The Morgan fingerprint density at radius 1 is 1.13 bits per heavy atom. The standard InChI is InChI=1S/C44H43N3O7/c1-23(48)52-22-33-30-10-11-31-38-27(16-29(49)18-36(38)51-3)20-44-14-13-24(19-44)15-25-7-12-37(45)47-34(25)6-4-5-26-17-35(50)41-32(9-8-28(46-2)21-53-41)39(26)42(33)54-43(30)40(31)44/h7-12,16-18,24,28,33,42,46,49-50H,5,13-15,19-22H2,1-3H3,(H2,45,47)/t24-,28-,33+,42-,44-/m0/s1. The second kappa shape index (κ2) is 13.0. The molecule has 1 aromatic heterocycles. The number of nitrogens with one attached hydrogen (secondary N) is 1. The van der Waals surface area contributed by atoms with Crippen molar-refractivity contribution in [2.45, 2.75) is 68.9 Å². The number of nitrogen functional groups attached to an aromatic ring is 1. The number of esters is 1. The van der Waals surface area contributed by atoms with Crippen molar-refractivity contribution >= 4 is 17.9 Å². The first-order chi connectivity index (χ1) is 26.2. The van der Waals surface area contributed by atoms with Gasteiger partial charge in [-0.05, 0) is 91.4 Å². The molecule has 2 aliphatic carbocycles. The first kappa shape index (κ1) is 34.1. The number of likely N-dealkylation sites (N-methyl/N-ethyl adjacent to an activating group) is 1. The average Bonchev–Trinajstić information content (AvgIpc) is 3.63. The summed E-state index contributed by atoms with van der Waals surface area (Å²) in [7, 11) is 3.50. The van der Waals surface area contributed by atoms with Gasteiger partial charge in [-0.2, -0.15) is 0 Å². The number of ether oxygens (including phenoxy) is 4. The van der Waals surface area contributed by atoms with E-state index in [-0.39, 0.29) is 47.9 Å². The number of phenolic OH excluding ortho intramolecular Hbond substituents is 2. The van der Waals surface area contributed by atoms with Crippen LogP contribution in [-0.2, 0) is 34.2 Å². The first-order valence-electron chi connectivity index (χ1n) is 18.6. The van der Waals surface area contributed by atoms with Gasteiger partial charge in [-0.25, -0.2) is 4.98 Å². The van der Waals surface area contributed by atoms with Crippen molar-refractivity contribution in [2.24, 2.45) is 5.92 Å². The smallest absolute Gasteiger partial charge is 0.302 e. The maximum Gasteiger partial charge on any atom is 0.302 e. The number of phenols is 2. The first-order valence-corrected chi connectivity index (χ1v) is 18.6. The van der Waals surface area contributed by atoms with Crippen LogP contribution in [0.25, 0.3) is 17.2 Å². The van der Waals surface area contributed by atoms with Crippen LogP contribution in [-0.4, -0.2) is 54.6 Å². The van der Waals surface area contributed by atoms with E-state index in [2.05, 4.69) is 29.3 Å². The van der Waals surface area contributed by atoms with Crippen LogP contribution in [0.15, 0.2) is 48.5 Å². The van der Waals surface area contributed by atoms with E-state index in [1.807, 2.05) is 37.4 Å². The van der Waals surface area contributed by atoms with Gasteiger partial charge >= 0.3 is 5.97 Å². The van der Waals surface area contributed by atoms with Gasteiger partial charge in [0, 0.05) is 52.6 Å². The third-order valence-electron chi connectivity index (χ3n) is 12.1. The van der Waals surface area contributed by atoms with Crippen LogP contribution in [0.5, 0.6) is 28.7 Å². The number of hydrogen-bond acceptors (Lipinski definition) is 10. The van der Waals surface area contributed by atoms with Gasteiger partial charge in [-0.3, -0.25) is 4.79 Å². The van der Waals surface area contributed by atoms with E-state index in [9.17, 15) is 15.0 Å². The number of carbonyl (C=O) groups is 1. The fourth-order valence-electron chi connectivity index (χ4n) is 9.76. The normalized spacial score (nSPS) is 24.1. The zero-order valence-electron chi connectivity index (χ0n) is 30.6. The highest BCUT2D eigenvalue weighted by atomic mass is 16.5. The van der Waals surface area contributed by atoms with Crippen LogP contribution in [0.1, 0.15) is 82.8 Å². The van der Waals surface area contributed by atoms with Gasteiger partial charge in [0.25, 0.3) is 0 Å². The molecule has 4 aromatic rings. The maximum atomic E-state index is 12.4. The molecule has 0 amide bonds. The number of carbonyl (C=O) groups excluding carboxylic acids is 1. The van der Waals surface area contributed by atoms with Gasteiger partial charge in [0.15, 0.2) is 11.5 Å². The van der Waals surface area contributed by atoms with Crippen LogP contribution in [0.2, 0.25) is 0 Å². The van der Waals surface area contributed by atoms with Crippen LogP contribution >= 0.6 is 0 Å². The van der Waals surface area contributed by atoms with Crippen molar-refractivity contribution in [1.82, 2.24) is 10.3 Å². The molecule has 3 aliphatic heterocycles. The van der Waals surface area contributed by atoms with E-state index in [4.69, 9.17) is 29.7 Å². The van der Waals surface area contributed by atoms with E-state index < -0.39 is 6.10 Å². The van der Waals surface area contributed by atoms with Crippen LogP contribution in [0.3, 0.4) is 0 Å². The molecule has 9 rings (SSSR count). The van der Waals surface area contributed by atoms with Crippen molar-refractivity contribution in [3.05, 3.63) is 93.2 Å². The Hall–Kier alpha value is -5.66. The summed E-state index contributed by atoms with van der Waals surface area (Å²) in [5, 5.41) is 25.6. The van der Waals surface area contributed by atoms with Gasteiger partial charge in [-0.1, -0.05) is 36.3 Å². The fourth-order valence-corrected chi connectivity index (χ4v) is 9.76. The molecular formula is C44H43N3O7. The Morgan fingerprint density at radius 3 is 2.81 bits per heavy atom. The molecule has 10 heteroatoms. The lowest BCUT2D eigenvalue weighted by Crippen LogP contribution is -2.31. The summed E-state index contributed by atoms with van der Waals surface area (Å²) >= 11 is 0.